The first kappa shape index (κ1) is 19.9. The summed E-state index contributed by atoms with van der Waals surface area (Å²) in [7, 11) is 0. The summed E-state index contributed by atoms with van der Waals surface area (Å²) in [6.07, 6.45) is 3.71. The van der Waals surface area contributed by atoms with Gasteiger partial charge in [0.25, 0.3) is 0 Å². The Kier molecular flexibility index (Phi) is 4.69. The second-order valence-electron chi connectivity index (χ2n) is 8.19. The number of hydrogen-bond acceptors (Lipinski definition) is 4. The van der Waals surface area contributed by atoms with Crippen molar-refractivity contribution in [2.24, 2.45) is 0 Å². The van der Waals surface area contributed by atoms with E-state index in [2.05, 4.69) is 6.07 Å². The number of hydrogen-bond donors (Lipinski definition) is 1. The standard InChI is InChI=1S/C26H19N3O3/c27-17-26(29(31)32)22(19-10-3-1-4-11-19)23(24(30)20-12-5-2-6-13-20)28-16-15-18-9-7-8-14-21(18)25(26)28/h1-16,22-23,25H/p+1/t22-,23+,25-,26-/m1/s1. The maximum Gasteiger partial charge on any atom is 0.372 e. The van der Waals surface area contributed by atoms with Gasteiger partial charge in [0, 0.05) is 16.1 Å². The third-order valence-corrected chi connectivity index (χ3v) is 6.68. The number of nitro groups is 1. The molecule has 2 aliphatic heterocycles. The predicted octanol–water partition coefficient (Wildman–Crippen LogP) is 3.18. The molecule has 3 aromatic carbocycles. The highest BCUT2D eigenvalue weighted by Crippen LogP contribution is 2.47. The van der Waals surface area contributed by atoms with Crippen LogP contribution in [0.3, 0.4) is 0 Å². The summed E-state index contributed by atoms with van der Waals surface area (Å²) in [5.74, 6) is -1.13. The molecule has 0 amide bonds. The summed E-state index contributed by atoms with van der Waals surface area (Å²) < 4.78 is 0. The number of Topliss-reactive ketones (excluding diaryl/α,β-unsaturated/α-hetero) is 1. The number of quaternary nitrogens is 1. The maximum absolute atomic E-state index is 13.8. The number of benzene rings is 3. The van der Waals surface area contributed by atoms with Gasteiger partial charge in [0.15, 0.2) is 12.1 Å². The van der Waals surface area contributed by atoms with Crippen LogP contribution < -0.4 is 4.90 Å². The van der Waals surface area contributed by atoms with E-state index in [-0.39, 0.29) is 5.78 Å². The summed E-state index contributed by atoms with van der Waals surface area (Å²) in [6, 6.07) is 25.6. The topological polar surface area (TPSA) is 88.4 Å². The first-order valence-electron chi connectivity index (χ1n) is 10.4. The van der Waals surface area contributed by atoms with Crippen LogP contribution in [0.25, 0.3) is 6.08 Å². The molecule has 0 spiro atoms. The fourth-order valence-corrected chi connectivity index (χ4v) is 5.37. The normalized spacial score (nSPS) is 27.7. The third-order valence-electron chi connectivity index (χ3n) is 6.68. The molecule has 6 nitrogen and oxygen atoms in total. The average Bonchev–Trinajstić information content (AvgIpc) is 3.16. The minimum Gasteiger partial charge on any atom is -0.287 e. The Labute approximate surface area is 185 Å². The Balaban J connectivity index is 1.80. The lowest BCUT2D eigenvalue weighted by Crippen LogP contribution is -3.12. The molecule has 1 saturated heterocycles. The number of rotatable bonds is 4. The van der Waals surface area contributed by atoms with Gasteiger partial charge in [0.05, 0.1) is 6.20 Å². The SMILES string of the molecule is N#C[C@@]1([N+](=O)[O-])[C@H](c2ccccc2)[C@@H](C(=O)c2ccccc2)[NH+]2C=Cc3ccccc3[C@@H]21. The molecule has 0 aliphatic carbocycles. The number of nitriles is 1. The van der Waals surface area contributed by atoms with Gasteiger partial charge in [0.2, 0.25) is 11.8 Å². The molecule has 2 aliphatic rings. The first-order chi connectivity index (χ1) is 15.6. The van der Waals surface area contributed by atoms with Crippen molar-refractivity contribution >= 4 is 11.9 Å². The molecule has 1 N–H and O–H groups in total. The molecule has 0 aromatic heterocycles. The minimum atomic E-state index is -2.01. The number of nitrogens with one attached hydrogen (secondary N) is 1. The Hall–Kier alpha value is -4.08. The minimum absolute atomic E-state index is 0.206. The van der Waals surface area contributed by atoms with Crippen LogP contribution in [0.1, 0.15) is 39.0 Å². The fraction of sp³-hybridized carbons (Fsp3) is 0.154. The molecule has 0 bridgehead atoms. The van der Waals surface area contributed by atoms with Gasteiger partial charge >= 0.3 is 5.54 Å². The Bertz CT molecular complexity index is 1270. The molecule has 5 rings (SSSR count). The molecule has 0 saturated carbocycles. The monoisotopic (exact) mass is 422 g/mol. The second-order valence-corrected chi connectivity index (χ2v) is 8.19. The molecule has 6 heteroatoms. The lowest BCUT2D eigenvalue weighted by atomic mass is 9.73. The highest BCUT2D eigenvalue weighted by atomic mass is 16.6. The number of carbonyl (C=O) groups is 1. The molecule has 5 atom stereocenters. The van der Waals surface area contributed by atoms with Crippen LogP contribution in [0.15, 0.2) is 91.1 Å². The largest absolute Gasteiger partial charge is 0.372 e. The van der Waals surface area contributed by atoms with Crippen molar-refractivity contribution in [3.63, 3.8) is 0 Å². The highest BCUT2D eigenvalue weighted by molar-refractivity contribution is 6.00. The quantitative estimate of drug-likeness (QED) is 0.397. The summed E-state index contributed by atoms with van der Waals surface area (Å²) >= 11 is 0. The lowest BCUT2D eigenvalue weighted by molar-refractivity contribution is -0.892. The van der Waals surface area contributed by atoms with Gasteiger partial charge in [-0.15, -0.1) is 0 Å². The number of ketones is 1. The van der Waals surface area contributed by atoms with Crippen LogP contribution in [0.2, 0.25) is 0 Å². The van der Waals surface area contributed by atoms with Crippen molar-refractivity contribution in [2.75, 3.05) is 0 Å². The summed E-state index contributed by atoms with van der Waals surface area (Å²) in [6.45, 7) is 0. The summed E-state index contributed by atoms with van der Waals surface area (Å²) in [4.78, 5) is 26.7. The predicted molar refractivity (Wildman–Crippen MR) is 118 cm³/mol. The number of fused-ring (bicyclic) bond motifs is 3. The molecule has 3 aromatic rings. The van der Waals surface area contributed by atoms with Crippen LogP contribution in [-0.2, 0) is 0 Å². The zero-order valence-corrected chi connectivity index (χ0v) is 17.1. The van der Waals surface area contributed by atoms with E-state index in [9.17, 15) is 20.2 Å². The van der Waals surface area contributed by atoms with E-state index < -0.39 is 28.5 Å². The van der Waals surface area contributed by atoms with E-state index in [1.165, 1.54) is 0 Å². The Morgan fingerprint density at radius 3 is 2.25 bits per heavy atom. The van der Waals surface area contributed by atoms with Gasteiger partial charge in [-0.1, -0.05) is 84.9 Å². The third kappa shape index (κ3) is 2.72. The zero-order chi connectivity index (χ0) is 22.3. The van der Waals surface area contributed by atoms with Crippen molar-refractivity contribution in [3.05, 3.63) is 123 Å². The molecule has 1 fully saturated rings. The molecule has 0 radical (unpaired) electrons. The van der Waals surface area contributed by atoms with Crippen LogP contribution >= 0.6 is 0 Å². The number of nitrogens with zero attached hydrogens (tertiary/aromatic N) is 2. The van der Waals surface area contributed by atoms with Gasteiger partial charge in [-0.05, 0) is 17.2 Å². The number of carbonyl (C=O) groups excluding carboxylic acids is 1. The van der Waals surface area contributed by atoms with E-state index in [1.54, 1.807) is 48.5 Å². The van der Waals surface area contributed by atoms with Crippen molar-refractivity contribution in [3.8, 4) is 6.07 Å². The van der Waals surface area contributed by atoms with E-state index in [4.69, 9.17) is 0 Å². The average molecular weight is 422 g/mol. The van der Waals surface area contributed by atoms with Gasteiger partial charge in [-0.25, -0.2) is 0 Å². The van der Waals surface area contributed by atoms with E-state index in [1.807, 2.05) is 48.7 Å². The Morgan fingerprint density at radius 1 is 0.969 bits per heavy atom. The van der Waals surface area contributed by atoms with Crippen LogP contribution in [0.5, 0.6) is 0 Å². The van der Waals surface area contributed by atoms with E-state index in [0.717, 1.165) is 5.56 Å². The van der Waals surface area contributed by atoms with Crippen molar-refractivity contribution in [2.45, 2.75) is 23.5 Å². The van der Waals surface area contributed by atoms with Crippen LogP contribution in [0, 0.1) is 21.4 Å². The molecule has 2 heterocycles. The van der Waals surface area contributed by atoms with Gasteiger partial charge in [0.1, 0.15) is 5.92 Å². The zero-order valence-electron chi connectivity index (χ0n) is 17.1. The molecule has 156 valence electrons. The first-order valence-corrected chi connectivity index (χ1v) is 10.4. The summed E-state index contributed by atoms with van der Waals surface area (Å²) in [5, 5.41) is 23.2. The van der Waals surface area contributed by atoms with E-state index in [0.29, 0.717) is 21.6 Å². The molecular formula is C26H20N3O3+. The molecule has 32 heavy (non-hydrogen) atoms. The second kappa shape index (κ2) is 7.56. The van der Waals surface area contributed by atoms with Crippen LogP contribution in [0.4, 0.5) is 0 Å². The summed E-state index contributed by atoms with van der Waals surface area (Å²) in [5.41, 5.74) is 0.642. The molecule has 1 unspecified atom stereocenters. The van der Waals surface area contributed by atoms with Crippen molar-refractivity contribution in [1.82, 2.24) is 0 Å². The van der Waals surface area contributed by atoms with Gasteiger partial charge in [-0.2, -0.15) is 5.26 Å². The highest BCUT2D eigenvalue weighted by Gasteiger charge is 2.75. The van der Waals surface area contributed by atoms with Crippen molar-refractivity contribution < 1.29 is 14.6 Å². The molecular weight excluding hydrogens is 402 g/mol. The Morgan fingerprint density at radius 2 is 1.59 bits per heavy atom. The van der Waals surface area contributed by atoms with E-state index >= 15 is 0 Å². The van der Waals surface area contributed by atoms with Gasteiger partial charge < -0.3 is 0 Å². The van der Waals surface area contributed by atoms with Crippen LogP contribution in [-0.4, -0.2) is 22.3 Å². The van der Waals surface area contributed by atoms with Gasteiger partial charge in [-0.3, -0.25) is 19.8 Å². The smallest absolute Gasteiger partial charge is 0.287 e. The maximum atomic E-state index is 13.8. The fourth-order valence-electron chi connectivity index (χ4n) is 5.37. The lowest BCUT2D eigenvalue weighted by Gasteiger charge is -2.28. The van der Waals surface area contributed by atoms with Crippen molar-refractivity contribution in [1.29, 1.82) is 5.26 Å².